The number of fused-ring (bicyclic) bond motifs is 1. The van der Waals surface area contributed by atoms with Crippen LogP contribution in [0.2, 0.25) is 0 Å². The predicted octanol–water partition coefficient (Wildman–Crippen LogP) is 4.71. The van der Waals surface area contributed by atoms with Gasteiger partial charge in [0.15, 0.2) is 0 Å². The quantitative estimate of drug-likeness (QED) is 0.502. The van der Waals surface area contributed by atoms with E-state index in [0.717, 1.165) is 22.9 Å². The Bertz CT molecular complexity index is 1030. The molecule has 0 fully saturated rings. The summed E-state index contributed by atoms with van der Waals surface area (Å²) in [7, 11) is 0. The van der Waals surface area contributed by atoms with Gasteiger partial charge in [-0.3, -0.25) is 4.79 Å². The van der Waals surface area contributed by atoms with Gasteiger partial charge in [-0.2, -0.15) is 0 Å². The minimum Gasteiger partial charge on any atom is -0.472 e. The number of carbonyl (C=O) groups excluding carboxylic acids is 1. The van der Waals surface area contributed by atoms with Crippen LogP contribution < -0.4 is 0 Å². The van der Waals surface area contributed by atoms with E-state index in [1.54, 1.807) is 18.6 Å². The number of nitrogens with zero attached hydrogens (tertiary/aromatic N) is 2. The highest BCUT2D eigenvalue weighted by Crippen LogP contribution is 2.15. The molecule has 0 aliphatic heterocycles. The summed E-state index contributed by atoms with van der Waals surface area (Å²) in [6.07, 6.45) is 4.10. The first kappa shape index (κ1) is 17.0. The molecule has 4 rings (SSSR count). The lowest BCUT2D eigenvalue weighted by atomic mass is 10.1. The van der Waals surface area contributed by atoms with Crippen molar-refractivity contribution in [2.45, 2.75) is 13.0 Å². The Balaban J connectivity index is 1.58. The van der Waals surface area contributed by atoms with Crippen molar-refractivity contribution < 1.29 is 9.21 Å². The van der Waals surface area contributed by atoms with Gasteiger partial charge in [-0.05, 0) is 30.2 Å². The van der Waals surface area contributed by atoms with Crippen LogP contribution in [0, 0.1) is 0 Å². The standard InChI is InChI=1S/C23H20N2O2/c26-23(22-11-10-20-8-4-5-9-21(20)24-22)25(16-19-13-15-27-17-19)14-12-18-6-2-1-3-7-18/h1-11,13,15,17H,12,14,16H2. The summed E-state index contributed by atoms with van der Waals surface area (Å²) in [5.41, 5.74) is 3.46. The molecule has 4 heteroatoms. The first-order chi connectivity index (χ1) is 13.3. The number of carbonyl (C=O) groups is 1. The Kier molecular flexibility index (Phi) is 4.97. The second kappa shape index (κ2) is 7.87. The van der Waals surface area contributed by atoms with Crippen molar-refractivity contribution in [3.63, 3.8) is 0 Å². The van der Waals surface area contributed by atoms with Crippen molar-refractivity contribution >= 4 is 16.8 Å². The summed E-state index contributed by atoms with van der Waals surface area (Å²) in [5, 5.41) is 1.03. The van der Waals surface area contributed by atoms with Crippen LogP contribution in [-0.2, 0) is 13.0 Å². The van der Waals surface area contributed by atoms with Crippen molar-refractivity contribution in [2.75, 3.05) is 6.54 Å². The monoisotopic (exact) mass is 356 g/mol. The number of benzene rings is 2. The van der Waals surface area contributed by atoms with Crippen molar-refractivity contribution in [1.82, 2.24) is 9.88 Å². The number of hydrogen-bond donors (Lipinski definition) is 0. The van der Waals surface area contributed by atoms with Gasteiger partial charge in [-0.15, -0.1) is 0 Å². The molecule has 4 nitrogen and oxygen atoms in total. The topological polar surface area (TPSA) is 46.3 Å². The summed E-state index contributed by atoms with van der Waals surface area (Å²) in [4.78, 5) is 19.6. The van der Waals surface area contributed by atoms with Crippen molar-refractivity contribution in [2.24, 2.45) is 0 Å². The zero-order valence-corrected chi connectivity index (χ0v) is 14.9. The van der Waals surface area contributed by atoms with E-state index in [2.05, 4.69) is 17.1 Å². The molecular weight excluding hydrogens is 336 g/mol. The maximum Gasteiger partial charge on any atom is 0.272 e. The molecule has 2 heterocycles. The molecule has 2 aromatic heterocycles. The van der Waals surface area contributed by atoms with Crippen LogP contribution in [0.3, 0.4) is 0 Å². The zero-order chi connectivity index (χ0) is 18.5. The molecule has 0 aliphatic rings. The molecule has 0 bridgehead atoms. The summed E-state index contributed by atoms with van der Waals surface area (Å²) in [5.74, 6) is -0.0714. The van der Waals surface area contributed by atoms with E-state index in [9.17, 15) is 4.79 Å². The van der Waals surface area contributed by atoms with Gasteiger partial charge >= 0.3 is 0 Å². The Morgan fingerprint density at radius 2 is 1.70 bits per heavy atom. The van der Waals surface area contributed by atoms with Crippen LogP contribution >= 0.6 is 0 Å². The first-order valence-electron chi connectivity index (χ1n) is 9.00. The van der Waals surface area contributed by atoms with Crippen LogP contribution in [0.15, 0.2) is 89.7 Å². The summed E-state index contributed by atoms with van der Waals surface area (Å²) in [6.45, 7) is 1.11. The Morgan fingerprint density at radius 3 is 2.52 bits per heavy atom. The fraction of sp³-hybridized carbons (Fsp3) is 0.130. The van der Waals surface area contributed by atoms with Gasteiger partial charge in [0.25, 0.3) is 5.91 Å². The van der Waals surface area contributed by atoms with E-state index in [1.807, 2.05) is 59.5 Å². The fourth-order valence-electron chi connectivity index (χ4n) is 3.11. The van der Waals surface area contributed by atoms with Gasteiger partial charge in [0, 0.05) is 24.0 Å². The molecule has 0 atom stereocenters. The first-order valence-corrected chi connectivity index (χ1v) is 9.00. The van der Waals surface area contributed by atoms with Crippen LogP contribution in [0.5, 0.6) is 0 Å². The molecule has 0 aliphatic carbocycles. The number of pyridine rings is 1. The highest BCUT2D eigenvalue weighted by molar-refractivity contribution is 5.94. The zero-order valence-electron chi connectivity index (χ0n) is 14.9. The SMILES string of the molecule is O=C(c1ccc2ccccc2n1)N(CCc1ccccc1)Cc1ccoc1. The number of furan rings is 1. The molecular formula is C23H20N2O2. The largest absolute Gasteiger partial charge is 0.472 e. The average molecular weight is 356 g/mol. The number of amides is 1. The molecule has 0 unspecified atom stereocenters. The van der Waals surface area contributed by atoms with Crippen LogP contribution in [0.1, 0.15) is 21.6 Å². The molecule has 2 aromatic carbocycles. The number of hydrogen-bond acceptors (Lipinski definition) is 3. The van der Waals surface area contributed by atoms with Gasteiger partial charge in [-0.1, -0.05) is 54.6 Å². The van der Waals surface area contributed by atoms with Crippen molar-refractivity contribution in [3.8, 4) is 0 Å². The van der Waals surface area contributed by atoms with Gasteiger partial charge in [0.2, 0.25) is 0 Å². The van der Waals surface area contributed by atoms with E-state index in [1.165, 1.54) is 5.56 Å². The molecule has 0 spiro atoms. The second-order valence-electron chi connectivity index (χ2n) is 6.48. The van der Waals surface area contributed by atoms with Crippen molar-refractivity contribution in [3.05, 3.63) is 102 Å². The van der Waals surface area contributed by atoms with E-state index in [4.69, 9.17) is 4.42 Å². The number of rotatable bonds is 6. The molecule has 0 radical (unpaired) electrons. The summed E-state index contributed by atoms with van der Waals surface area (Å²) >= 11 is 0. The van der Waals surface area contributed by atoms with Gasteiger partial charge < -0.3 is 9.32 Å². The Hall–Kier alpha value is -3.40. The normalized spacial score (nSPS) is 10.8. The maximum atomic E-state index is 13.2. The van der Waals surface area contributed by atoms with Gasteiger partial charge in [0.05, 0.1) is 18.0 Å². The average Bonchev–Trinajstić information content (AvgIpc) is 3.24. The second-order valence-corrected chi connectivity index (χ2v) is 6.48. The Morgan fingerprint density at radius 1 is 0.889 bits per heavy atom. The summed E-state index contributed by atoms with van der Waals surface area (Å²) < 4.78 is 5.17. The van der Waals surface area contributed by atoms with Crippen LogP contribution in [0.4, 0.5) is 0 Å². The fourth-order valence-corrected chi connectivity index (χ4v) is 3.11. The van der Waals surface area contributed by atoms with Crippen LogP contribution in [0.25, 0.3) is 10.9 Å². The minimum absolute atomic E-state index is 0.0714. The molecule has 1 amide bonds. The predicted molar refractivity (Wildman–Crippen MR) is 105 cm³/mol. The van der Waals surface area contributed by atoms with Gasteiger partial charge in [0.1, 0.15) is 5.69 Å². The number of para-hydroxylation sites is 1. The highest BCUT2D eigenvalue weighted by atomic mass is 16.3. The maximum absolute atomic E-state index is 13.2. The van der Waals surface area contributed by atoms with E-state index >= 15 is 0 Å². The van der Waals surface area contributed by atoms with E-state index in [-0.39, 0.29) is 5.91 Å². The molecule has 4 aromatic rings. The third-order valence-electron chi connectivity index (χ3n) is 4.57. The van der Waals surface area contributed by atoms with Gasteiger partial charge in [-0.25, -0.2) is 4.98 Å². The molecule has 0 saturated heterocycles. The van der Waals surface area contributed by atoms with Crippen LogP contribution in [-0.4, -0.2) is 22.3 Å². The minimum atomic E-state index is -0.0714. The Labute approximate surface area is 158 Å². The lowest BCUT2D eigenvalue weighted by Gasteiger charge is -2.22. The smallest absolute Gasteiger partial charge is 0.272 e. The summed E-state index contributed by atoms with van der Waals surface area (Å²) in [6, 6.07) is 23.6. The molecule has 0 saturated carbocycles. The molecule has 0 N–H and O–H groups in total. The van der Waals surface area contributed by atoms with E-state index in [0.29, 0.717) is 18.8 Å². The number of aromatic nitrogens is 1. The lowest BCUT2D eigenvalue weighted by molar-refractivity contribution is 0.0739. The highest BCUT2D eigenvalue weighted by Gasteiger charge is 2.18. The van der Waals surface area contributed by atoms with Crippen molar-refractivity contribution in [1.29, 1.82) is 0 Å². The van der Waals surface area contributed by atoms with E-state index < -0.39 is 0 Å². The third kappa shape index (κ3) is 4.06. The molecule has 27 heavy (non-hydrogen) atoms. The molecule has 134 valence electrons. The third-order valence-corrected chi connectivity index (χ3v) is 4.57. The lowest BCUT2D eigenvalue weighted by Crippen LogP contribution is -2.33.